The van der Waals surface area contributed by atoms with Gasteiger partial charge in [-0.15, -0.1) is 0 Å². The molecule has 1 aliphatic rings. The lowest BCUT2D eigenvalue weighted by atomic mass is 10.0. The molecule has 0 spiro atoms. The molecule has 1 heterocycles. The van der Waals surface area contributed by atoms with Gasteiger partial charge in [-0.1, -0.05) is 42.5 Å². The highest BCUT2D eigenvalue weighted by molar-refractivity contribution is 5.87. The zero-order chi connectivity index (χ0) is 16.9. The normalized spacial score (nSPS) is 18.3. The molecule has 126 valence electrons. The van der Waals surface area contributed by atoms with Gasteiger partial charge in [0.15, 0.2) is 0 Å². The fourth-order valence-electron chi connectivity index (χ4n) is 2.97. The zero-order valence-electron chi connectivity index (χ0n) is 13.7. The Labute approximate surface area is 140 Å². The average Bonchev–Trinajstić information content (AvgIpc) is 3.15. The van der Waals surface area contributed by atoms with Crippen LogP contribution in [0.15, 0.2) is 42.5 Å². The summed E-state index contributed by atoms with van der Waals surface area (Å²) in [5.74, 6) is -0.770. The molecule has 0 saturated carbocycles. The van der Waals surface area contributed by atoms with Crippen LogP contribution in [-0.2, 0) is 25.5 Å². The SMILES string of the molecule is COC(=O)[C@@H](Cc1ccc2ccccc2c1)NC(=O)[C@H]1CCOC1. The average molecular weight is 327 g/mol. The van der Waals surface area contributed by atoms with E-state index >= 15 is 0 Å². The number of amides is 1. The highest BCUT2D eigenvalue weighted by Crippen LogP contribution is 2.18. The molecule has 0 bridgehead atoms. The second-order valence-corrected chi connectivity index (χ2v) is 6.03. The Morgan fingerprint density at radius 3 is 2.75 bits per heavy atom. The molecule has 2 aromatic rings. The maximum absolute atomic E-state index is 12.3. The van der Waals surface area contributed by atoms with Gasteiger partial charge in [0.05, 0.1) is 19.6 Å². The second kappa shape index (κ2) is 7.45. The monoisotopic (exact) mass is 327 g/mol. The zero-order valence-corrected chi connectivity index (χ0v) is 13.7. The van der Waals surface area contributed by atoms with Gasteiger partial charge in [-0.05, 0) is 22.8 Å². The third-order valence-electron chi connectivity index (χ3n) is 4.36. The van der Waals surface area contributed by atoms with E-state index in [-0.39, 0.29) is 11.8 Å². The molecule has 0 radical (unpaired) electrons. The van der Waals surface area contributed by atoms with Gasteiger partial charge in [0, 0.05) is 13.0 Å². The Morgan fingerprint density at radius 1 is 1.25 bits per heavy atom. The summed E-state index contributed by atoms with van der Waals surface area (Å²) in [4.78, 5) is 24.3. The first kappa shape index (κ1) is 16.5. The molecule has 1 fully saturated rings. The molecule has 5 nitrogen and oxygen atoms in total. The lowest BCUT2D eigenvalue weighted by Crippen LogP contribution is -2.45. The number of benzene rings is 2. The Kier molecular flexibility index (Phi) is 5.11. The van der Waals surface area contributed by atoms with Gasteiger partial charge < -0.3 is 14.8 Å². The molecule has 3 rings (SSSR count). The molecule has 1 aliphatic heterocycles. The molecular formula is C19H21NO4. The number of carbonyl (C=O) groups excluding carboxylic acids is 2. The predicted molar refractivity (Wildman–Crippen MR) is 90.5 cm³/mol. The number of nitrogens with one attached hydrogen (secondary N) is 1. The molecule has 1 saturated heterocycles. The summed E-state index contributed by atoms with van der Waals surface area (Å²) in [6.45, 7) is 1.00. The number of hydrogen-bond donors (Lipinski definition) is 1. The van der Waals surface area contributed by atoms with E-state index in [1.807, 2.05) is 42.5 Å². The van der Waals surface area contributed by atoms with Crippen LogP contribution >= 0.6 is 0 Å². The van der Waals surface area contributed by atoms with Crippen LogP contribution in [0.1, 0.15) is 12.0 Å². The van der Waals surface area contributed by atoms with Gasteiger partial charge in [-0.2, -0.15) is 0 Å². The van der Waals surface area contributed by atoms with E-state index in [4.69, 9.17) is 9.47 Å². The van der Waals surface area contributed by atoms with Crippen molar-refractivity contribution in [2.24, 2.45) is 5.92 Å². The lowest BCUT2D eigenvalue weighted by Gasteiger charge is -2.18. The third-order valence-corrected chi connectivity index (χ3v) is 4.36. The third kappa shape index (κ3) is 3.74. The van der Waals surface area contributed by atoms with Crippen molar-refractivity contribution in [2.45, 2.75) is 18.9 Å². The number of hydrogen-bond acceptors (Lipinski definition) is 4. The summed E-state index contributed by atoms with van der Waals surface area (Å²) in [5, 5.41) is 5.06. The maximum Gasteiger partial charge on any atom is 0.328 e. The standard InChI is InChI=1S/C19H21NO4/c1-23-19(22)17(20-18(21)16-8-9-24-12-16)11-13-6-7-14-4-2-3-5-15(14)10-13/h2-7,10,16-17H,8-9,11-12H2,1H3,(H,20,21)/t16-,17+/m0/s1. The summed E-state index contributed by atoms with van der Waals surface area (Å²) >= 11 is 0. The molecule has 2 atom stereocenters. The van der Waals surface area contributed by atoms with Crippen molar-refractivity contribution in [2.75, 3.05) is 20.3 Å². The van der Waals surface area contributed by atoms with Crippen molar-refractivity contribution < 1.29 is 19.1 Å². The molecule has 5 heteroatoms. The topological polar surface area (TPSA) is 64.6 Å². The van der Waals surface area contributed by atoms with E-state index in [0.717, 1.165) is 16.3 Å². The molecule has 0 aromatic heterocycles. The summed E-state index contributed by atoms with van der Waals surface area (Å²) in [7, 11) is 1.33. The molecule has 0 unspecified atom stereocenters. The van der Waals surface area contributed by atoms with Crippen molar-refractivity contribution >= 4 is 22.6 Å². The lowest BCUT2D eigenvalue weighted by molar-refractivity contribution is -0.145. The van der Waals surface area contributed by atoms with E-state index in [1.54, 1.807) is 0 Å². The minimum atomic E-state index is -0.690. The largest absolute Gasteiger partial charge is 0.467 e. The van der Waals surface area contributed by atoms with E-state index in [0.29, 0.717) is 26.1 Å². The number of methoxy groups -OCH3 is 1. The summed E-state index contributed by atoms with van der Waals surface area (Å²) in [6, 6.07) is 13.4. The van der Waals surface area contributed by atoms with Crippen molar-refractivity contribution in [1.29, 1.82) is 0 Å². The van der Waals surface area contributed by atoms with Crippen molar-refractivity contribution in [3.63, 3.8) is 0 Å². The van der Waals surface area contributed by atoms with Crippen molar-refractivity contribution in [1.82, 2.24) is 5.32 Å². The fourth-order valence-corrected chi connectivity index (χ4v) is 2.97. The summed E-state index contributed by atoms with van der Waals surface area (Å²) in [6.07, 6.45) is 1.09. The molecule has 1 amide bonds. The number of esters is 1. The maximum atomic E-state index is 12.3. The fraction of sp³-hybridized carbons (Fsp3) is 0.368. The molecular weight excluding hydrogens is 306 g/mol. The predicted octanol–water partition coefficient (Wildman–Crippen LogP) is 2.08. The van der Waals surface area contributed by atoms with E-state index in [2.05, 4.69) is 5.32 Å². The molecule has 2 aromatic carbocycles. The van der Waals surface area contributed by atoms with E-state index in [9.17, 15) is 9.59 Å². The first-order valence-corrected chi connectivity index (χ1v) is 8.11. The van der Waals surface area contributed by atoms with Gasteiger partial charge in [0.2, 0.25) is 5.91 Å². The minimum absolute atomic E-state index is 0.149. The van der Waals surface area contributed by atoms with Crippen LogP contribution < -0.4 is 5.32 Å². The highest BCUT2D eigenvalue weighted by Gasteiger charge is 2.28. The van der Waals surface area contributed by atoms with Gasteiger partial charge >= 0.3 is 5.97 Å². The Hall–Kier alpha value is -2.40. The van der Waals surface area contributed by atoms with Crippen LogP contribution in [-0.4, -0.2) is 38.2 Å². The van der Waals surface area contributed by atoms with Crippen LogP contribution in [0.3, 0.4) is 0 Å². The van der Waals surface area contributed by atoms with Crippen LogP contribution in [0, 0.1) is 5.92 Å². The van der Waals surface area contributed by atoms with Gasteiger partial charge in [-0.3, -0.25) is 4.79 Å². The van der Waals surface area contributed by atoms with Crippen LogP contribution in [0.5, 0.6) is 0 Å². The quantitative estimate of drug-likeness (QED) is 0.854. The highest BCUT2D eigenvalue weighted by atomic mass is 16.5. The second-order valence-electron chi connectivity index (χ2n) is 6.03. The van der Waals surface area contributed by atoms with Crippen LogP contribution in [0.25, 0.3) is 10.8 Å². The van der Waals surface area contributed by atoms with Crippen molar-refractivity contribution in [3.8, 4) is 0 Å². The van der Waals surface area contributed by atoms with E-state index in [1.165, 1.54) is 7.11 Å². The van der Waals surface area contributed by atoms with Crippen molar-refractivity contribution in [3.05, 3.63) is 48.0 Å². The Bertz CT molecular complexity index is 737. The van der Waals surface area contributed by atoms with Crippen LogP contribution in [0.2, 0.25) is 0 Å². The van der Waals surface area contributed by atoms with Gasteiger partial charge in [0.1, 0.15) is 6.04 Å². The molecule has 1 N–H and O–H groups in total. The van der Waals surface area contributed by atoms with Crippen LogP contribution in [0.4, 0.5) is 0 Å². The minimum Gasteiger partial charge on any atom is -0.467 e. The number of fused-ring (bicyclic) bond motifs is 1. The van der Waals surface area contributed by atoms with Gasteiger partial charge in [0.25, 0.3) is 0 Å². The first-order chi connectivity index (χ1) is 11.7. The Balaban J connectivity index is 1.75. The first-order valence-electron chi connectivity index (χ1n) is 8.11. The number of rotatable bonds is 5. The molecule has 0 aliphatic carbocycles. The molecule has 24 heavy (non-hydrogen) atoms. The summed E-state index contributed by atoms with van der Waals surface area (Å²) in [5.41, 5.74) is 0.979. The summed E-state index contributed by atoms with van der Waals surface area (Å²) < 4.78 is 10.1. The van der Waals surface area contributed by atoms with Gasteiger partial charge in [-0.25, -0.2) is 4.79 Å². The van der Waals surface area contributed by atoms with E-state index < -0.39 is 12.0 Å². The number of carbonyl (C=O) groups is 2. The smallest absolute Gasteiger partial charge is 0.328 e. The number of ether oxygens (including phenoxy) is 2. The Morgan fingerprint density at radius 2 is 2.04 bits per heavy atom.